The van der Waals surface area contributed by atoms with E-state index in [1.807, 2.05) is 12.1 Å². The predicted octanol–water partition coefficient (Wildman–Crippen LogP) is 5.14. The van der Waals surface area contributed by atoms with Crippen molar-refractivity contribution in [1.82, 2.24) is 0 Å². The first-order chi connectivity index (χ1) is 8.83. The van der Waals surface area contributed by atoms with Gasteiger partial charge in [0, 0.05) is 11.0 Å². The number of carbonyl (C=O) groups is 1. The van der Waals surface area contributed by atoms with E-state index in [1.54, 1.807) is 0 Å². The lowest BCUT2D eigenvalue weighted by Crippen LogP contribution is -2.30. The normalized spacial score (nSPS) is 19.2. The first-order valence-corrected chi connectivity index (χ1v) is 7.48. The fourth-order valence-electron chi connectivity index (χ4n) is 3.03. The number of rotatable bonds is 2. The van der Waals surface area contributed by atoms with Gasteiger partial charge in [0.05, 0.1) is 0 Å². The van der Waals surface area contributed by atoms with Crippen LogP contribution in [0.2, 0.25) is 0 Å². The second kappa shape index (κ2) is 5.11. The van der Waals surface area contributed by atoms with Crippen LogP contribution in [0.1, 0.15) is 75.7 Å². The fourth-order valence-corrected chi connectivity index (χ4v) is 3.03. The van der Waals surface area contributed by atoms with E-state index in [-0.39, 0.29) is 10.8 Å². The summed E-state index contributed by atoms with van der Waals surface area (Å²) in [7, 11) is 0. The van der Waals surface area contributed by atoms with Crippen molar-refractivity contribution in [2.45, 2.75) is 65.2 Å². The average molecular weight is 258 g/mol. The van der Waals surface area contributed by atoms with Crippen LogP contribution in [0.3, 0.4) is 0 Å². The van der Waals surface area contributed by atoms with Gasteiger partial charge in [-0.05, 0) is 23.8 Å². The van der Waals surface area contributed by atoms with Crippen LogP contribution < -0.4 is 0 Å². The van der Waals surface area contributed by atoms with Gasteiger partial charge < -0.3 is 0 Å². The Hall–Kier alpha value is -1.11. The van der Waals surface area contributed by atoms with Crippen LogP contribution in [-0.2, 0) is 5.41 Å². The zero-order valence-electron chi connectivity index (χ0n) is 12.8. The average Bonchev–Trinajstić information content (AvgIpc) is 2.38. The molecule has 0 radical (unpaired) electrons. The van der Waals surface area contributed by atoms with Crippen molar-refractivity contribution >= 4 is 5.78 Å². The van der Waals surface area contributed by atoms with Gasteiger partial charge >= 0.3 is 0 Å². The highest BCUT2D eigenvalue weighted by atomic mass is 16.1. The Morgan fingerprint density at radius 3 is 2.00 bits per heavy atom. The minimum atomic E-state index is -0.124. The van der Waals surface area contributed by atoms with Crippen LogP contribution in [-0.4, -0.2) is 5.78 Å². The van der Waals surface area contributed by atoms with E-state index >= 15 is 0 Å². The highest BCUT2D eigenvalue weighted by Crippen LogP contribution is 2.38. The summed E-state index contributed by atoms with van der Waals surface area (Å²) in [4.78, 5) is 12.7. The van der Waals surface area contributed by atoms with Gasteiger partial charge in [-0.1, -0.05) is 71.2 Å². The van der Waals surface area contributed by atoms with Gasteiger partial charge in [-0.2, -0.15) is 0 Å². The molecule has 0 N–H and O–H groups in total. The minimum Gasteiger partial charge on any atom is -0.294 e. The number of ketones is 1. The maximum absolute atomic E-state index is 12.7. The van der Waals surface area contributed by atoms with E-state index in [1.165, 1.54) is 24.8 Å². The van der Waals surface area contributed by atoms with Crippen molar-refractivity contribution < 1.29 is 4.79 Å². The largest absolute Gasteiger partial charge is 0.294 e. The zero-order chi connectivity index (χ0) is 14.1. The zero-order valence-corrected chi connectivity index (χ0v) is 12.8. The molecule has 0 aromatic heterocycles. The fraction of sp³-hybridized carbons (Fsp3) is 0.611. The second-order valence-corrected chi connectivity index (χ2v) is 7.28. The molecule has 104 valence electrons. The molecule has 2 rings (SSSR count). The molecule has 1 aliphatic rings. The van der Waals surface area contributed by atoms with Crippen molar-refractivity contribution in [3.05, 3.63) is 35.4 Å². The molecule has 1 heteroatoms. The van der Waals surface area contributed by atoms with Gasteiger partial charge in [0.15, 0.2) is 5.78 Å². The number of Topliss-reactive ketones (excluding diaryl/α,β-unsaturated/α-hetero) is 1. The smallest absolute Gasteiger partial charge is 0.168 e. The molecule has 0 spiro atoms. The van der Waals surface area contributed by atoms with E-state index < -0.39 is 0 Å². The van der Waals surface area contributed by atoms with E-state index in [0.717, 1.165) is 18.4 Å². The first kappa shape index (κ1) is 14.3. The lowest BCUT2D eigenvalue weighted by molar-refractivity contribution is 0.0749. The molecule has 1 saturated carbocycles. The Labute approximate surface area is 117 Å². The summed E-state index contributed by atoms with van der Waals surface area (Å²) in [6.45, 7) is 8.75. The summed E-state index contributed by atoms with van der Waals surface area (Å²) in [5.41, 5.74) is 2.20. The Kier molecular flexibility index (Phi) is 3.85. The Morgan fingerprint density at radius 2 is 1.53 bits per heavy atom. The number of carbonyl (C=O) groups excluding carboxylic acids is 1. The summed E-state index contributed by atoms with van der Waals surface area (Å²) in [5, 5.41) is 0. The van der Waals surface area contributed by atoms with E-state index in [0.29, 0.717) is 5.78 Å². The molecule has 0 heterocycles. The third-order valence-electron chi connectivity index (χ3n) is 4.52. The van der Waals surface area contributed by atoms with Gasteiger partial charge in [0.1, 0.15) is 0 Å². The van der Waals surface area contributed by atoms with Gasteiger partial charge in [0.25, 0.3) is 0 Å². The minimum absolute atomic E-state index is 0.124. The maximum Gasteiger partial charge on any atom is 0.168 e. The highest BCUT2D eigenvalue weighted by Gasteiger charge is 2.34. The van der Waals surface area contributed by atoms with Crippen molar-refractivity contribution in [3.8, 4) is 0 Å². The molecule has 0 saturated heterocycles. The van der Waals surface area contributed by atoms with Crippen LogP contribution in [0.5, 0.6) is 0 Å². The molecule has 0 atom stereocenters. The van der Waals surface area contributed by atoms with Gasteiger partial charge in [-0.25, -0.2) is 0 Å². The van der Waals surface area contributed by atoms with Gasteiger partial charge in [-0.3, -0.25) is 4.79 Å². The standard InChI is InChI=1S/C18H26O/c1-17(2,3)15-10-8-14(9-11-15)16(19)18(4)12-6-5-7-13-18/h8-11H,5-7,12-13H2,1-4H3. The van der Waals surface area contributed by atoms with Crippen molar-refractivity contribution in [2.75, 3.05) is 0 Å². The summed E-state index contributed by atoms with van der Waals surface area (Å²) >= 11 is 0. The number of hydrogen-bond donors (Lipinski definition) is 0. The van der Waals surface area contributed by atoms with Crippen LogP contribution >= 0.6 is 0 Å². The van der Waals surface area contributed by atoms with Gasteiger partial charge in [0.2, 0.25) is 0 Å². The lowest BCUT2D eigenvalue weighted by atomic mass is 9.71. The van der Waals surface area contributed by atoms with Crippen LogP contribution in [0.15, 0.2) is 24.3 Å². The molecule has 0 unspecified atom stereocenters. The topological polar surface area (TPSA) is 17.1 Å². The number of hydrogen-bond acceptors (Lipinski definition) is 1. The summed E-state index contributed by atoms with van der Waals surface area (Å²) < 4.78 is 0. The number of benzene rings is 1. The molecule has 0 aliphatic heterocycles. The highest BCUT2D eigenvalue weighted by molar-refractivity contribution is 6.00. The molecule has 1 aromatic carbocycles. The van der Waals surface area contributed by atoms with Crippen LogP contribution in [0.25, 0.3) is 0 Å². The maximum atomic E-state index is 12.7. The second-order valence-electron chi connectivity index (χ2n) is 7.28. The van der Waals surface area contributed by atoms with Gasteiger partial charge in [-0.15, -0.1) is 0 Å². The molecule has 0 amide bonds. The van der Waals surface area contributed by atoms with E-state index in [2.05, 4.69) is 39.8 Å². The molecule has 0 bridgehead atoms. The Balaban J connectivity index is 2.20. The molecule has 1 aliphatic carbocycles. The van der Waals surface area contributed by atoms with E-state index in [9.17, 15) is 4.79 Å². The third-order valence-corrected chi connectivity index (χ3v) is 4.52. The first-order valence-electron chi connectivity index (χ1n) is 7.48. The molecule has 1 fully saturated rings. The van der Waals surface area contributed by atoms with Crippen LogP contribution in [0.4, 0.5) is 0 Å². The molecular weight excluding hydrogens is 232 g/mol. The van der Waals surface area contributed by atoms with Crippen molar-refractivity contribution in [2.24, 2.45) is 5.41 Å². The van der Waals surface area contributed by atoms with Crippen molar-refractivity contribution in [3.63, 3.8) is 0 Å². The van der Waals surface area contributed by atoms with E-state index in [4.69, 9.17) is 0 Å². The van der Waals surface area contributed by atoms with Crippen LogP contribution in [0, 0.1) is 5.41 Å². The summed E-state index contributed by atoms with van der Waals surface area (Å²) in [6, 6.07) is 8.25. The molecule has 1 aromatic rings. The lowest BCUT2D eigenvalue weighted by Gasteiger charge is -2.32. The van der Waals surface area contributed by atoms with Crippen molar-refractivity contribution in [1.29, 1.82) is 0 Å². The monoisotopic (exact) mass is 258 g/mol. The predicted molar refractivity (Wildman–Crippen MR) is 80.7 cm³/mol. The molecule has 1 nitrogen and oxygen atoms in total. The molecule has 19 heavy (non-hydrogen) atoms. The Bertz CT molecular complexity index is 442. The SMILES string of the molecule is CC1(C(=O)c2ccc(C(C)(C)C)cc2)CCCCC1. The summed E-state index contributed by atoms with van der Waals surface area (Å²) in [6.07, 6.45) is 5.77. The third kappa shape index (κ3) is 3.08. The Morgan fingerprint density at radius 1 is 1.00 bits per heavy atom. The summed E-state index contributed by atoms with van der Waals surface area (Å²) in [5.74, 6) is 0.340. The quantitative estimate of drug-likeness (QED) is 0.671. The molecular formula is C18H26O.